The molecule has 2 aromatic carbocycles. The molecule has 8 heteroatoms. The van der Waals surface area contributed by atoms with Crippen LogP contribution in [0, 0.1) is 13.7 Å². The predicted octanol–water partition coefficient (Wildman–Crippen LogP) is 3.71. The van der Waals surface area contributed by atoms with Crippen LogP contribution in [0.3, 0.4) is 0 Å². The molecule has 25 heavy (non-hydrogen) atoms. The van der Waals surface area contributed by atoms with E-state index in [1.807, 2.05) is 12.1 Å². The van der Waals surface area contributed by atoms with Gasteiger partial charge >= 0.3 is 5.69 Å². The lowest BCUT2D eigenvalue weighted by molar-refractivity contribution is -0.385. The van der Waals surface area contributed by atoms with Gasteiger partial charge in [0.25, 0.3) is 5.91 Å². The summed E-state index contributed by atoms with van der Waals surface area (Å²) in [5, 5.41) is 26.0. The van der Waals surface area contributed by atoms with Crippen molar-refractivity contribution in [2.75, 3.05) is 5.01 Å². The van der Waals surface area contributed by atoms with Crippen molar-refractivity contribution in [3.63, 3.8) is 0 Å². The van der Waals surface area contributed by atoms with Crippen LogP contribution in [-0.4, -0.2) is 21.6 Å². The van der Waals surface area contributed by atoms with Gasteiger partial charge in [-0.05, 0) is 71.5 Å². The molecule has 3 rings (SSSR count). The average molecular weight is 449 g/mol. The first-order valence-corrected chi connectivity index (χ1v) is 8.29. The fraction of sp³-hybridized carbons (Fsp3) is 0.0588. The quantitative estimate of drug-likeness (QED) is 0.335. The van der Waals surface area contributed by atoms with Crippen LogP contribution in [0.4, 0.5) is 11.4 Å². The molecule has 1 amide bonds. The number of benzene rings is 2. The van der Waals surface area contributed by atoms with Crippen LogP contribution in [-0.2, 0) is 4.79 Å². The van der Waals surface area contributed by atoms with Gasteiger partial charge in [0.1, 0.15) is 0 Å². The Hall–Kier alpha value is -2.75. The fourth-order valence-electron chi connectivity index (χ4n) is 2.38. The van der Waals surface area contributed by atoms with E-state index in [1.54, 1.807) is 19.1 Å². The molecule has 126 valence electrons. The molecular weight excluding hydrogens is 437 g/mol. The zero-order chi connectivity index (χ0) is 18.1. The van der Waals surface area contributed by atoms with Crippen molar-refractivity contribution in [2.45, 2.75) is 6.92 Å². The number of rotatable bonds is 3. The lowest BCUT2D eigenvalue weighted by atomic mass is 10.1. The van der Waals surface area contributed by atoms with Gasteiger partial charge in [-0.2, -0.15) is 10.1 Å². The second kappa shape index (κ2) is 6.63. The van der Waals surface area contributed by atoms with Gasteiger partial charge < -0.3 is 5.11 Å². The van der Waals surface area contributed by atoms with Gasteiger partial charge in [0, 0.05) is 9.64 Å². The van der Waals surface area contributed by atoms with Crippen molar-refractivity contribution in [3.05, 3.63) is 67.3 Å². The SMILES string of the molecule is CC1=NN(c2ccc(I)cc2)C(=O)/C1=C/c1ccc(O)c([N+](=O)[O-])c1. The van der Waals surface area contributed by atoms with Crippen LogP contribution in [0.25, 0.3) is 6.08 Å². The zero-order valence-corrected chi connectivity index (χ0v) is 15.2. The largest absolute Gasteiger partial charge is 0.502 e. The summed E-state index contributed by atoms with van der Waals surface area (Å²) < 4.78 is 1.04. The zero-order valence-electron chi connectivity index (χ0n) is 13.0. The normalized spacial score (nSPS) is 15.6. The molecular formula is C17H12IN3O4. The number of halogens is 1. The molecule has 0 unspecified atom stereocenters. The number of amides is 1. The number of anilines is 1. The van der Waals surface area contributed by atoms with E-state index in [1.165, 1.54) is 29.3 Å². The Bertz CT molecular complexity index is 935. The molecule has 7 nitrogen and oxygen atoms in total. The van der Waals surface area contributed by atoms with Gasteiger partial charge in [-0.1, -0.05) is 6.07 Å². The highest BCUT2D eigenvalue weighted by Crippen LogP contribution is 2.29. The summed E-state index contributed by atoms with van der Waals surface area (Å²) in [5.74, 6) is -0.731. The molecule has 0 saturated heterocycles. The van der Waals surface area contributed by atoms with Crippen molar-refractivity contribution < 1.29 is 14.8 Å². The second-order valence-electron chi connectivity index (χ2n) is 5.34. The van der Waals surface area contributed by atoms with Gasteiger partial charge in [-0.25, -0.2) is 0 Å². The summed E-state index contributed by atoms with van der Waals surface area (Å²) in [6, 6.07) is 11.3. The summed E-state index contributed by atoms with van der Waals surface area (Å²) in [5.41, 5.74) is 1.53. The summed E-state index contributed by atoms with van der Waals surface area (Å²) in [7, 11) is 0. The highest BCUT2D eigenvalue weighted by atomic mass is 127. The molecule has 0 saturated carbocycles. The minimum Gasteiger partial charge on any atom is -0.502 e. The van der Waals surface area contributed by atoms with Crippen LogP contribution in [0.15, 0.2) is 53.1 Å². The Kier molecular flexibility index (Phi) is 4.53. The smallest absolute Gasteiger partial charge is 0.311 e. The Labute approximate surface area is 156 Å². The van der Waals surface area contributed by atoms with Crippen molar-refractivity contribution in [1.82, 2.24) is 0 Å². The van der Waals surface area contributed by atoms with Crippen LogP contribution in [0.5, 0.6) is 5.75 Å². The third-order valence-corrected chi connectivity index (χ3v) is 4.36. The predicted molar refractivity (Wildman–Crippen MR) is 102 cm³/mol. The number of hydrogen-bond donors (Lipinski definition) is 1. The highest BCUT2D eigenvalue weighted by Gasteiger charge is 2.28. The lowest BCUT2D eigenvalue weighted by Gasteiger charge is -2.11. The summed E-state index contributed by atoms with van der Waals surface area (Å²) >= 11 is 2.17. The molecule has 2 aromatic rings. The third-order valence-electron chi connectivity index (χ3n) is 3.64. The van der Waals surface area contributed by atoms with Gasteiger partial charge in [0.15, 0.2) is 5.75 Å². The van der Waals surface area contributed by atoms with Crippen molar-refractivity contribution >= 4 is 51.7 Å². The van der Waals surface area contributed by atoms with Gasteiger partial charge in [-0.15, -0.1) is 0 Å². The molecule has 0 atom stereocenters. The van der Waals surface area contributed by atoms with Gasteiger partial charge in [0.05, 0.1) is 21.9 Å². The molecule has 0 radical (unpaired) electrons. The molecule has 0 fully saturated rings. The first-order chi connectivity index (χ1) is 11.9. The molecule has 1 aliphatic heterocycles. The molecule has 0 aromatic heterocycles. The summed E-state index contributed by atoms with van der Waals surface area (Å²) in [4.78, 5) is 22.9. The minimum absolute atomic E-state index is 0.311. The second-order valence-corrected chi connectivity index (χ2v) is 6.59. The maximum absolute atomic E-state index is 12.6. The van der Waals surface area contributed by atoms with E-state index in [4.69, 9.17) is 0 Å². The molecule has 0 spiro atoms. The van der Waals surface area contributed by atoms with Crippen molar-refractivity contribution in [3.8, 4) is 5.75 Å². The fourth-order valence-corrected chi connectivity index (χ4v) is 2.74. The summed E-state index contributed by atoms with van der Waals surface area (Å²) in [6.07, 6.45) is 1.53. The maximum Gasteiger partial charge on any atom is 0.311 e. The topological polar surface area (TPSA) is 96.0 Å². The molecule has 1 heterocycles. The van der Waals surface area contributed by atoms with E-state index in [2.05, 4.69) is 27.7 Å². The number of hydrogen-bond acceptors (Lipinski definition) is 5. The van der Waals surface area contributed by atoms with Crippen molar-refractivity contribution in [2.24, 2.45) is 5.10 Å². The number of phenolic OH excluding ortho intramolecular Hbond substituents is 1. The maximum atomic E-state index is 12.6. The van der Waals surface area contributed by atoms with Crippen molar-refractivity contribution in [1.29, 1.82) is 0 Å². The average Bonchev–Trinajstić information content (AvgIpc) is 2.85. The van der Waals surface area contributed by atoms with Crippen LogP contribution in [0.1, 0.15) is 12.5 Å². The van der Waals surface area contributed by atoms with Crippen LogP contribution in [0.2, 0.25) is 0 Å². The summed E-state index contributed by atoms with van der Waals surface area (Å²) in [6.45, 7) is 1.70. The van der Waals surface area contributed by atoms with E-state index in [-0.39, 0.29) is 5.91 Å². The lowest BCUT2D eigenvalue weighted by Crippen LogP contribution is -2.21. The first-order valence-electron chi connectivity index (χ1n) is 7.21. The number of aromatic hydroxyl groups is 1. The van der Waals surface area contributed by atoms with Crippen LogP contribution >= 0.6 is 22.6 Å². The Morgan fingerprint density at radius 3 is 2.56 bits per heavy atom. The van der Waals surface area contributed by atoms with E-state index < -0.39 is 16.4 Å². The third kappa shape index (κ3) is 3.38. The number of hydrazone groups is 1. The highest BCUT2D eigenvalue weighted by molar-refractivity contribution is 14.1. The van der Waals surface area contributed by atoms with E-state index in [9.17, 15) is 20.0 Å². The molecule has 0 aliphatic carbocycles. The van der Waals surface area contributed by atoms with Gasteiger partial charge in [-0.3, -0.25) is 14.9 Å². The van der Waals surface area contributed by atoms with E-state index in [0.717, 1.165) is 3.57 Å². The number of nitro groups is 1. The Morgan fingerprint density at radius 1 is 1.24 bits per heavy atom. The van der Waals surface area contributed by atoms with Crippen LogP contribution < -0.4 is 5.01 Å². The number of nitro benzene ring substituents is 1. The molecule has 1 N–H and O–H groups in total. The number of nitrogens with zero attached hydrogens (tertiary/aromatic N) is 3. The first kappa shape index (κ1) is 17.1. The van der Waals surface area contributed by atoms with Gasteiger partial charge in [0.2, 0.25) is 0 Å². The van der Waals surface area contributed by atoms with E-state index >= 15 is 0 Å². The number of carbonyl (C=O) groups excluding carboxylic acids is 1. The number of carbonyl (C=O) groups is 1. The minimum atomic E-state index is -0.674. The Morgan fingerprint density at radius 2 is 1.92 bits per heavy atom. The monoisotopic (exact) mass is 449 g/mol. The molecule has 1 aliphatic rings. The number of phenols is 1. The molecule has 0 bridgehead atoms. The Balaban J connectivity index is 1.96. The van der Waals surface area contributed by atoms with E-state index in [0.29, 0.717) is 22.5 Å². The standard InChI is InChI=1S/C17H12IN3O4/c1-10-14(8-11-2-7-16(22)15(9-11)21(24)25)17(23)20(19-10)13-5-3-12(18)4-6-13/h2-9,22H,1H3/b14-8+.